The zero-order chi connectivity index (χ0) is 20.6. The predicted octanol–water partition coefficient (Wildman–Crippen LogP) is 4.28. The largest absolute Gasteiger partial charge is 0.385 e. The number of hydrogen-bond acceptors (Lipinski definition) is 4. The summed E-state index contributed by atoms with van der Waals surface area (Å²) in [5.74, 6) is -0.149. The predicted molar refractivity (Wildman–Crippen MR) is 114 cm³/mol. The molecule has 148 valence electrons. The van der Waals surface area contributed by atoms with Gasteiger partial charge in [0.1, 0.15) is 5.75 Å². The van der Waals surface area contributed by atoms with Crippen LogP contribution in [-0.2, 0) is 16.1 Å². The Morgan fingerprint density at radius 3 is 2.14 bits per heavy atom. The molecule has 0 aliphatic rings. The van der Waals surface area contributed by atoms with Crippen LogP contribution < -0.4 is 14.2 Å². The first kappa shape index (κ1) is 20.3. The highest BCUT2D eigenvalue weighted by Crippen LogP contribution is 2.17. The summed E-state index contributed by atoms with van der Waals surface area (Å²) in [7, 11) is 0. The number of amides is 1. The molecule has 0 radical (unpaired) electrons. The van der Waals surface area contributed by atoms with Gasteiger partial charge in [-0.2, -0.15) is 4.21 Å². The van der Waals surface area contributed by atoms with Gasteiger partial charge in [0.15, 0.2) is 5.78 Å². The van der Waals surface area contributed by atoms with Gasteiger partial charge in [0.25, 0.3) is 0 Å². The average Bonchev–Trinajstić information content (AvgIpc) is 2.72. The van der Waals surface area contributed by atoms with E-state index in [0.29, 0.717) is 22.7 Å². The van der Waals surface area contributed by atoms with Crippen molar-refractivity contribution in [1.82, 2.24) is 0 Å². The number of hydrogen-bond donors (Lipinski definition) is 2. The zero-order valence-corrected chi connectivity index (χ0v) is 16.6. The van der Waals surface area contributed by atoms with E-state index < -0.39 is 17.2 Å². The number of carbonyl (C=O) groups excluding carboxylic acids is 2. The Kier molecular flexibility index (Phi) is 6.76. The molecule has 6 nitrogen and oxygen atoms in total. The molecule has 0 bridgehead atoms. The number of ketones is 1. The van der Waals surface area contributed by atoms with Crippen LogP contribution in [0.25, 0.3) is 0 Å². The Bertz CT molecular complexity index is 1000. The van der Waals surface area contributed by atoms with E-state index in [1.165, 1.54) is 0 Å². The third kappa shape index (κ3) is 6.29. The quantitative estimate of drug-likeness (QED) is 0.430. The van der Waals surface area contributed by atoms with Crippen molar-refractivity contribution in [2.45, 2.75) is 13.3 Å². The fourth-order valence-corrected chi connectivity index (χ4v) is 3.15. The Hall–Kier alpha value is -3.45. The molecule has 0 aliphatic heterocycles. The summed E-state index contributed by atoms with van der Waals surface area (Å²) in [5.41, 5.74) is 2.68. The lowest BCUT2D eigenvalue weighted by Gasteiger charge is -2.09. The topological polar surface area (TPSA) is 84.5 Å². The van der Waals surface area contributed by atoms with Gasteiger partial charge in [-0.1, -0.05) is 48.0 Å². The van der Waals surface area contributed by atoms with E-state index in [2.05, 4.69) is 10.0 Å². The summed E-state index contributed by atoms with van der Waals surface area (Å²) in [6.07, 6.45) is -0.238. The van der Waals surface area contributed by atoms with Crippen molar-refractivity contribution in [3.63, 3.8) is 0 Å². The first-order chi connectivity index (χ1) is 14.0. The number of rotatable bonds is 8. The molecule has 3 rings (SSSR count). The molecule has 0 aliphatic carbocycles. The fraction of sp³-hybridized carbons (Fsp3) is 0.0909. The van der Waals surface area contributed by atoms with Gasteiger partial charge in [0, 0.05) is 16.9 Å². The van der Waals surface area contributed by atoms with Crippen LogP contribution in [-0.4, -0.2) is 15.9 Å². The maximum Gasteiger partial charge on any atom is 0.316 e. The smallest absolute Gasteiger partial charge is 0.316 e. The molecule has 0 saturated carbocycles. The molecule has 3 aromatic carbocycles. The lowest BCUT2D eigenvalue weighted by atomic mass is 10.1. The Morgan fingerprint density at radius 1 is 0.862 bits per heavy atom. The van der Waals surface area contributed by atoms with Crippen LogP contribution >= 0.6 is 0 Å². The van der Waals surface area contributed by atoms with Gasteiger partial charge in [0.2, 0.25) is 5.91 Å². The lowest BCUT2D eigenvalue weighted by molar-refractivity contribution is -0.115. The van der Waals surface area contributed by atoms with E-state index in [1.807, 2.05) is 25.1 Å². The molecular formula is C22H20N2O4S. The second kappa shape index (κ2) is 9.66. The zero-order valence-electron chi connectivity index (χ0n) is 15.8. The monoisotopic (exact) mass is 408 g/mol. The van der Waals surface area contributed by atoms with Crippen LogP contribution in [0, 0.1) is 6.92 Å². The van der Waals surface area contributed by atoms with Crippen LogP contribution in [0.3, 0.4) is 0 Å². The van der Waals surface area contributed by atoms with E-state index in [-0.39, 0.29) is 12.2 Å². The number of Topliss-reactive ketones (excluding diaryl/α,β-unsaturated/α-hetero) is 1. The van der Waals surface area contributed by atoms with Crippen LogP contribution in [0.1, 0.15) is 22.3 Å². The number of carbonyl (C=O) groups is 2. The van der Waals surface area contributed by atoms with E-state index in [1.54, 1.807) is 60.7 Å². The summed E-state index contributed by atoms with van der Waals surface area (Å²) >= 11 is -1.76. The molecule has 2 N–H and O–H groups in total. The Morgan fingerprint density at radius 2 is 1.48 bits per heavy atom. The molecular weight excluding hydrogens is 388 g/mol. The minimum Gasteiger partial charge on any atom is -0.385 e. The minimum absolute atomic E-state index is 0.238. The van der Waals surface area contributed by atoms with Gasteiger partial charge >= 0.3 is 11.3 Å². The highest BCUT2D eigenvalue weighted by Gasteiger charge is 2.12. The van der Waals surface area contributed by atoms with Crippen LogP contribution in [0.15, 0.2) is 78.9 Å². The molecule has 7 heteroatoms. The summed E-state index contributed by atoms with van der Waals surface area (Å²) in [6, 6.07) is 22.5. The molecule has 1 atom stereocenters. The van der Waals surface area contributed by atoms with Crippen molar-refractivity contribution in [3.05, 3.63) is 90.0 Å². The number of benzene rings is 3. The standard InChI is InChI=1S/C22H20N2O4S/c1-16-7-13-20(14-8-16)28-29(27)24-19-11-9-18(10-12-19)23-22(26)15-21(25)17-5-3-2-4-6-17/h2-14,24H,15H2,1H3,(H,23,26). The summed E-state index contributed by atoms with van der Waals surface area (Å²) < 4.78 is 20.1. The molecule has 0 spiro atoms. The number of nitrogens with one attached hydrogen (secondary N) is 2. The molecule has 0 fully saturated rings. The third-order valence-electron chi connectivity index (χ3n) is 3.98. The van der Waals surface area contributed by atoms with E-state index >= 15 is 0 Å². The summed E-state index contributed by atoms with van der Waals surface area (Å²) in [6.45, 7) is 1.96. The fourth-order valence-electron chi connectivity index (χ4n) is 2.50. The molecule has 3 aromatic rings. The van der Waals surface area contributed by atoms with E-state index in [9.17, 15) is 13.8 Å². The molecule has 0 saturated heterocycles. The second-order valence-electron chi connectivity index (χ2n) is 6.32. The third-order valence-corrected chi connectivity index (χ3v) is 4.73. The van der Waals surface area contributed by atoms with Gasteiger partial charge < -0.3 is 9.50 Å². The van der Waals surface area contributed by atoms with Crippen molar-refractivity contribution < 1.29 is 18.0 Å². The molecule has 0 aromatic heterocycles. The second-order valence-corrected chi connectivity index (χ2v) is 7.16. The normalized spacial score (nSPS) is 11.3. The van der Waals surface area contributed by atoms with E-state index in [4.69, 9.17) is 4.18 Å². The highest BCUT2D eigenvalue weighted by molar-refractivity contribution is 7.81. The lowest BCUT2D eigenvalue weighted by Crippen LogP contribution is -2.16. The minimum atomic E-state index is -1.76. The number of anilines is 2. The van der Waals surface area contributed by atoms with Crippen LogP contribution in [0.2, 0.25) is 0 Å². The van der Waals surface area contributed by atoms with Crippen molar-refractivity contribution >= 4 is 34.3 Å². The number of aryl methyl sites for hydroxylation is 1. The maximum absolute atomic E-state index is 12.1. The maximum atomic E-state index is 12.1. The van der Waals surface area contributed by atoms with Gasteiger partial charge in [-0.15, -0.1) is 0 Å². The van der Waals surface area contributed by atoms with Crippen molar-refractivity contribution in [2.24, 2.45) is 0 Å². The van der Waals surface area contributed by atoms with Gasteiger partial charge in [-0.25, -0.2) is 0 Å². The first-order valence-corrected chi connectivity index (χ1v) is 9.99. The summed E-state index contributed by atoms with van der Waals surface area (Å²) in [4.78, 5) is 24.1. The van der Waals surface area contributed by atoms with Gasteiger partial charge in [0.05, 0.1) is 6.42 Å². The SMILES string of the molecule is Cc1ccc(OS(=O)Nc2ccc(NC(=O)CC(=O)c3ccccc3)cc2)cc1. The van der Waals surface area contributed by atoms with Crippen LogP contribution in [0.5, 0.6) is 5.75 Å². The molecule has 29 heavy (non-hydrogen) atoms. The van der Waals surface area contributed by atoms with Gasteiger partial charge in [-0.3, -0.25) is 14.3 Å². The molecule has 1 amide bonds. The van der Waals surface area contributed by atoms with Crippen molar-refractivity contribution in [3.8, 4) is 5.75 Å². The Balaban J connectivity index is 1.50. The molecule has 1 unspecified atom stereocenters. The average molecular weight is 408 g/mol. The van der Waals surface area contributed by atoms with Crippen molar-refractivity contribution in [2.75, 3.05) is 10.0 Å². The Labute approximate surface area is 171 Å². The van der Waals surface area contributed by atoms with Gasteiger partial charge in [-0.05, 0) is 43.3 Å². The van der Waals surface area contributed by atoms with Crippen molar-refractivity contribution in [1.29, 1.82) is 0 Å². The van der Waals surface area contributed by atoms with E-state index in [0.717, 1.165) is 5.56 Å². The van der Waals surface area contributed by atoms with Crippen LogP contribution in [0.4, 0.5) is 11.4 Å². The molecule has 0 heterocycles. The summed E-state index contributed by atoms with van der Waals surface area (Å²) in [5, 5.41) is 2.67. The first-order valence-electron chi connectivity index (χ1n) is 8.91. The highest BCUT2D eigenvalue weighted by atomic mass is 32.2.